The Morgan fingerprint density at radius 3 is 2.40 bits per heavy atom. The fourth-order valence-corrected chi connectivity index (χ4v) is 1.39. The van der Waals surface area contributed by atoms with Gasteiger partial charge in [-0.25, -0.2) is 4.79 Å². The van der Waals surface area contributed by atoms with Crippen LogP contribution in [0.4, 0.5) is 0 Å². The first-order valence-corrected chi connectivity index (χ1v) is 6.21. The Hall–Kier alpha value is -2.35. The third-order valence-electron chi connectivity index (χ3n) is 2.24. The van der Waals surface area contributed by atoms with E-state index in [1.165, 1.54) is 0 Å². The van der Waals surface area contributed by atoms with Gasteiger partial charge in [0.15, 0.2) is 0 Å². The number of hydrogen-bond acceptors (Lipinski definition) is 5. The van der Waals surface area contributed by atoms with E-state index in [2.05, 4.69) is 5.16 Å². The molecular weight excluding hydrogens is 256 g/mol. The van der Waals surface area contributed by atoms with Gasteiger partial charge in [0.2, 0.25) is 6.61 Å². The summed E-state index contributed by atoms with van der Waals surface area (Å²) >= 11 is 0. The van der Waals surface area contributed by atoms with Crippen molar-refractivity contribution in [1.29, 1.82) is 5.26 Å². The van der Waals surface area contributed by atoms with Gasteiger partial charge >= 0.3 is 5.97 Å². The summed E-state index contributed by atoms with van der Waals surface area (Å²) in [5.41, 5.74) is 1.49. The first kappa shape index (κ1) is 15.7. The predicted octanol–water partition coefficient (Wildman–Crippen LogP) is 2.64. The van der Waals surface area contributed by atoms with Crippen molar-refractivity contribution in [1.82, 2.24) is 0 Å². The Kier molecular flexibility index (Phi) is 5.27. The van der Waals surface area contributed by atoms with Crippen LogP contribution in [0.25, 0.3) is 0 Å². The number of nitriles is 1. The van der Waals surface area contributed by atoms with Crippen molar-refractivity contribution in [2.75, 3.05) is 6.61 Å². The zero-order chi connectivity index (χ0) is 15.2. The summed E-state index contributed by atoms with van der Waals surface area (Å²) in [6.07, 6.45) is 0. The molecule has 20 heavy (non-hydrogen) atoms. The highest BCUT2D eigenvalue weighted by Crippen LogP contribution is 2.08. The van der Waals surface area contributed by atoms with E-state index < -0.39 is 11.6 Å². The molecule has 5 heteroatoms. The second-order valence-electron chi connectivity index (χ2n) is 5.23. The number of ether oxygens (including phenoxy) is 1. The van der Waals surface area contributed by atoms with Gasteiger partial charge in [-0.05, 0) is 45.4 Å². The molecule has 0 radical (unpaired) electrons. The minimum atomic E-state index is -0.535. The van der Waals surface area contributed by atoms with Crippen LogP contribution >= 0.6 is 0 Å². The highest BCUT2D eigenvalue weighted by molar-refractivity contribution is 5.98. The number of hydrogen-bond donors (Lipinski definition) is 0. The van der Waals surface area contributed by atoms with Gasteiger partial charge in [0.1, 0.15) is 5.60 Å². The molecule has 0 heterocycles. The number of rotatable bonds is 4. The first-order chi connectivity index (χ1) is 9.31. The Morgan fingerprint density at radius 2 is 1.90 bits per heavy atom. The van der Waals surface area contributed by atoms with E-state index in [4.69, 9.17) is 14.8 Å². The van der Waals surface area contributed by atoms with Gasteiger partial charge in [-0.1, -0.05) is 17.3 Å². The van der Waals surface area contributed by atoms with Crippen LogP contribution in [0, 0.1) is 11.3 Å². The fourth-order valence-electron chi connectivity index (χ4n) is 1.39. The van der Waals surface area contributed by atoms with Crippen molar-refractivity contribution < 1.29 is 14.4 Å². The minimum Gasteiger partial charge on any atom is -0.457 e. The SMILES string of the molecule is CC(=NOCC(=O)OC(C)(C)C)c1ccc(C#N)cc1. The zero-order valence-electron chi connectivity index (χ0n) is 12.1. The maximum Gasteiger partial charge on any atom is 0.347 e. The fraction of sp³-hybridized carbons (Fsp3) is 0.400. The van der Waals surface area contributed by atoms with E-state index in [1.807, 2.05) is 6.07 Å². The quantitative estimate of drug-likeness (QED) is 0.480. The van der Waals surface area contributed by atoms with Crippen molar-refractivity contribution in [2.45, 2.75) is 33.3 Å². The van der Waals surface area contributed by atoms with E-state index in [1.54, 1.807) is 52.0 Å². The Balaban J connectivity index is 2.53. The first-order valence-electron chi connectivity index (χ1n) is 6.21. The van der Waals surface area contributed by atoms with Crippen LogP contribution in [0.3, 0.4) is 0 Å². The van der Waals surface area contributed by atoms with Crippen molar-refractivity contribution in [3.05, 3.63) is 35.4 Å². The van der Waals surface area contributed by atoms with Crippen molar-refractivity contribution in [3.8, 4) is 6.07 Å². The number of benzene rings is 1. The van der Waals surface area contributed by atoms with Gasteiger partial charge in [-0.3, -0.25) is 0 Å². The lowest BCUT2D eigenvalue weighted by Gasteiger charge is -2.18. The molecule has 1 rings (SSSR count). The number of esters is 1. The molecule has 0 aliphatic rings. The summed E-state index contributed by atoms with van der Waals surface area (Å²) < 4.78 is 5.09. The maximum atomic E-state index is 11.4. The molecule has 106 valence electrons. The van der Waals surface area contributed by atoms with Crippen LogP contribution in [-0.2, 0) is 14.4 Å². The Morgan fingerprint density at radius 1 is 1.30 bits per heavy atom. The lowest BCUT2D eigenvalue weighted by molar-refractivity contribution is -0.160. The number of nitrogens with zero attached hydrogens (tertiary/aromatic N) is 2. The van der Waals surface area contributed by atoms with Crippen LogP contribution in [-0.4, -0.2) is 23.9 Å². The summed E-state index contributed by atoms with van der Waals surface area (Å²) in [6.45, 7) is 6.89. The average molecular weight is 274 g/mol. The van der Waals surface area contributed by atoms with Crippen LogP contribution in [0.1, 0.15) is 38.8 Å². The van der Waals surface area contributed by atoms with E-state index in [-0.39, 0.29) is 6.61 Å². The summed E-state index contributed by atoms with van der Waals surface area (Å²) in [4.78, 5) is 16.4. The molecule has 0 unspecified atom stereocenters. The van der Waals surface area contributed by atoms with Crippen molar-refractivity contribution in [2.24, 2.45) is 5.16 Å². The molecule has 0 bridgehead atoms. The molecule has 0 aromatic heterocycles. The summed E-state index contributed by atoms with van der Waals surface area (Å²) in [5.74, 6) is -0.464. The van der Waals surface area contributed by atoms with Crippen molar-refractivity contribution >= 4 is 11.7 Å². The molecule has 0 saturated carbocycles. The van der Waals surface area contributed by atoms with Gasteiger partial charge in [-0.15, -0.1) is 0 Å². The summed E-state index contributed by atoms with van der Waals surface area (Å²) in [6, 6.07) is 8.98. The standard InChI is InChI=1S/C15H18N2O3/c1-11(13-7-5-12(9-16)6-8-13)17-19-10-14(18)20-15(2,3)4/h5-8H,10H2,1-4H3. The molecule has 0 spiro atoms. The van der Waals surface area contributed by atoms with Gasteiger partial charge < -0.3 is 9.57 Å². The van der Waals surface area contributed by atoms with Gasteiger partial charge in [0, 0.05) is 0 Å². The van der Waals surface area contributed by atoms with Crippen LogP contribution in [0.5, 0.6) is 0 Å². The van der Waals surface area contributed by atoms with E-state index in [9.17, 15) is 4.79 Å². The molecule has 0 saturated heterocycles. The van der Waals surface area contributed by atoms with Crippen molar-refractivity contribution in [3.63, 3.8) is 0 Å². The Bertz CT molecular complexity index is 534. The largest absolute Gasteiger partial charge is 0.457 e. The highest BCUT2D eigenvalue weighted by atomic mass is 16.7. The Labute approximate surface area is 118 Å². The second kappa shape index (κ2) is 6.71. The summed E-state index contributed by atoms with van der Waals surface area (Å²) in [7, 11) is 0. The monoisotopic (exact) mass is 274 g/mol. The molecule has 1 aromatic rings. The molecule has 1 aromatic carbocycles. The lowest BCUT2D eigenvalue weighted by Crippen LogP contribution is -2.26. The van der Waals surface area contributed by atoms with Crippen LogP contribution < -0.4 is 0 Å². The molecule has 0 aliphatic carbocycles. The molecular formula is C15H18N2O3. The van der Waals surface area contributed by atoms with Crippen LogP contribution in [0.2, 0.25) is 0 Å². The molecule has 0 amide bonds. The molecule has 5 nitrogen and oxygen atoms in total. The predicted molar refractivity (Wildman–Crippen MR) is 75.2 cm³/mol. The molecule has 0 fully saturated rings. The van der Waals surface area contributed by atoms with E-state index in [0.717, 1.165) is 5.56 Å². The summed E-state index contributed by atoms with van der Waals surface area (Å²) in [5, 5.41) is 12.6. The number of carbonyl (C=O) groups excluding carboxylic acids is 1. The van der Waals surface area contributed by atoms with E-state index >= 15 is 0 Å². The topological polar surface area (TPSA) is 71.7 Å². The highest BCUT2D eigenvalue weighted by Gasteiger charge is 2.16. The lowest BCUT2D eigenvalue weighted by atomic mass is 10.1. The van der Waals surface area contributed by atoms with E-state index in [0.29, 0.717) is 11.3 Å². The maximum absolute atomic E-state index is 11.4. The minimum absolute atomic E-state index is 0.231. The molecule has 0 aliphatic heterocycles. The zero-order valence-corrected chi connectivity index (χ0v) is 12.1. The second-order valence-corrected chi connectivity index (χ2v) is 5.23. The third-order valence-corrected chi connectivity index (χ3v) is 2.24. The van der Waals surface area contributed by atoms with Gasteiger partial charge in [-0.2, -0.15) is 5.26 Å². The molecule has 0 atom stereocenters. The van der Waals surface area contributed by atoms with Crippen LogP contribution in [0.15, 0.2) is 29.4 Å². The normalized spacial score (nSPS) is 11.7. The smallest absolute Gasteiger partial charge is 0.347 e. The number of oxime groups is 1. The average Bonchev–Trinajstić information content (AvgIpc) is 2.36. The third kappa shape index (κ3) is 5.53. The number of carbonyl (C=O) groups is 1. The van der Waals surface area contributed by atoms with Gasteiger partial charge in [0.25, 0.3) is 0 Å². The van der Waals surface area contributed by atoms with Gasteiger partial charge in [0.05, 0.1) is 17.3 Å². The molecule has 0 N–H and O–H groups in total.